The van der Waals surface area contributed by atoms with E-state index in [0.717, 1.165) is 0 Å². The predicted molar refractivity (Wildman–Crippen MR) is 56.7 cm³/mol. The van der Waals surface area contributed by atoms with Gasteiger partial charge in [0.1, 0.15) is 5.60 Å². The maximum atomic E-state index is 11.3. The van der Waals surface area contributed by atoms with Crippen LogP contribution >= 0.6 is 0 Å². The highest BCUT2D eigenvalue weighted by Gasteiger charge is 2.15. The third kappa shape index (κ3) is 5.45. The van der Waals surface area contributed by atoms with Crippen molar-refractivity contribution in [3.8, 4) is 0 Å². The van der Waals surface area contributed by atoms with Crippen molar-refractivity contribution in [2.75, 3.05) is 13.1 Å². The monoisotopic (exact) mass is 227 g/mol. The van der Waals surface area contributed by atoms with Crippen LogP contribution in [-0.2, 0) is 16.0 Å². The minimum atomic E-state index is -0.438. The van der Waals surface area contributed by atoms with E-state index in [1.54, 1.807) is 0 Å². The van der Waals surface area contributed by atoms with Gasteiger partial charge in [-0.1, -0.05) is 5.16 Å². The Balaban J connectivity index is 2.09. The second-order valence-corrected chi connectivity index (χ2v) is 4.36. The molecule has 0 unspecified atom stereocenters. The van der Waals surface area contributed by atoms with Crippen molar-refractivity contribution in [3.05, 3.63) is 12.2 Å². The van der Waals surface area contributed by atoms with Crippen molar-refractivity contribution in [2.45, 2.75) is 32.8 Å². The first-order valence-corrected chi connectivity index (χ1v) is 5.15. The molecule has 6 heteroatoms. The van der Waals surface area contributed by atoms with Crippen LogP contribution < -0.4 is 5.32 Å². The van der Waals surface area contributed by atoms with Gasteiger partial charge in [0.15, 0.2) is 5.82 Å². The number of hydrogen-bond acceptors (Lipinski definition) is 6. The Morgan fingerprint density at radius 3 is 2.88 bits per heavy atom. The molecule has 1 rings (SSSR count). The van der Waals surface area contributed by atoms with Crippen molar-refractivity contribution < 1.29 is 14.1 Å². The number of carbonyl (C=O) groups is 1. The first-order valence-electron chi connectivity index (χ1n) is 5.15. The van der Waals surface area contributed by atoms with Crippen LogP contribution in [0.1, 0.15) is 26.6 Å². The maximum absolute atomic E-state index is 11.3. The molecule has 0 spiro atoms. The first kappa shape index (κ1) is 12.6. The topological polar surface area (TPSA) is 77.2 Å². The van der Waals surface area contributed by atoms with Crippen molar-refractivity contribution in [2.24, 2.45) is 0 Å². The molecule has 0 amide bonds. The van der Waals surface area contributed by atoms with Crippen LogP contribution in [0.4, 0.5) is 0 Å². The van der Waals surface area contributed by atoms with Gasteiger partial charge in [0.2, 0.25) is 6.39 Å². The van der Waals surface area contributed by atoms with Crippen LogP contribution in [0.3, 0.4) is 0 Å². The van der Waals surface area contributed by atoms with Gasteiger partial charge in [-0.3, -0.25) is 4.79 Å². The Kier molecular flexibility index (Phi) is 4.42. The largest absolute Gasteiger partial charge is 0.459 e. The Morgan fingerprint density at radius 1 is 1.56 bits per heavy atom. The second kappa shape index (κ2) is 5.60. The molecule has 16 heavy (non-hydrogen) atoms. The molecule has 6 nitrogen and oxygen atoms in total. The fourth-order valence-electron chi connectivity index (χ4n) is 1.07. The van der Waals surface area contributed by atoms with Crippen molar-refractivity contribution >= 4 is 5.97 Å². The van der Waals surface area contributed by atoms with Gasteiger partial charge >= 0.3 is 5.97 Å². The van der Waals surface area contributed by atoms with Gasteiger partial charge in [-0.25, -0.2) is 0 Å². The van der Waals surface area contributed by atoms with Crippen LogP contribution in [-0.4, -0.2) is 34.8 Å². The number of rotatable bonds is 5. The van der Waals surface area contributed by atoms with Crippen LogP contribution in [0.25, 0.3) is 0 Å². The molecule has 0 fully saturated rings. The molecule has 0 aliphatic heterocycles. The third-order valence-electron chi connectivity index (χ3n) is 1.62. The summed E-state index contributed by atoms with van der Waals surface area (Å²) in [7, 11) is 0. The molecule has 1 N–H and O–H groups in total. The fourth-order valence-corrected chi connectivity index (χ4v) is 1.07. The number of nitrogens with zero attached hydrogens (tertiary/aromatic N) is 2. The van der Waals surface area contributed by atoms with Crippen LogP contribution in [0, 0.1) is 0 Å². The zero-order valence-electron chi connectivity index (χ0n) is 9.82. The van der Waals surface area contributed by atoms with Gasteiger partial charge in [-0.15, -0.1) is 0 Å². The van der Waals surface area contributed by atoms with Gasteiger partial charge in [0, 0.05) is 13.0 Å². The number of esters is 1. The molecular weight excluding hydrogens is 210 g/mol. The summed E-state index contributed by atoms with van der Waals surface area (Å²) >= 11 is 0. The highest BCUT2D eigenvalue weighted by molar-refractivity contribution is 5.72. The van der Waals surface area contributed by atoms with Crippen molar-refractivity contribution in [1.29, 1.82) is 0 Å². The van der Waals surface area contributed by atoms with E-state index in [4.69, 9.17) is 4.74 Å². The fraction of sp³-hybridized carbons (Fsp3) is 0.700. The Labute approximate surface area is 94.4 Å². The molecule has 0 saturated carbocycles. The molecule has 0 saturated heterocycles. The minimum absolute atomic E-state index is 0.190. The van der Waals surface area contributed by atoms with Gasteiger partial charge in [-0.2, -0.15) is 4.98 Å². The first-order chi connectivity index (χ1) is 7.47. The van der Waals surface area contributed by atoms with Gasteiger partial charge in [0.25, 0.3) is 0 Å². The smallest absolute Gasteiger partial charge is 0.320 e. The predicted octanol–water partition coefficient (Wildman–Crippen LogP) is 0.543. The Morgan fingerprint density at radius 2 is 2.31 bits per heavy atom. The van der Waals surface area contributed by atoms with Gasteiger partial charge in [-0.05, 0) is 20.8 Å². The van der Waals surface area contributed by atoms with E-state index in [1.165, 1.54) is 6.39 Å². The van der Waals surface area contributed by atoms with E-state index < -0.39 is 5.60 Å². The maximum Gasteiger partial charge on any atom is 0.320 e. The van der Waals surface area contributed by atoms with Crippen LogP contribution in [0.5, 0.6) is 0 Å². The highest BCUT2D eigenvalue weighted by atomic mass is 16.6. The molecule has 1 aromatic rings. The van der Waals surface area contributed by atoms with Crippen molar-refractivity contribution in [1.82, 2.24) is 15.5 Å². The molecule has 0 aliphatic carbocycles. The molecule has 90 valence electrons. The number of nitrogens with one attached hydrogen (secondary N) is 1. The second-order valence-electron chi connectivity index (χ2n) is 4.36. The summed E-state index contributed by atoms with van der Waals surface area (Å²) in [5, 5.41) is 6.60. The van der Waals surface area contributed by atoms with Crippen LogP contribution in [0.15, 0.2) is 10.9 Å². The molecule has 0 atom stereocenters. The standard InChI is InChI=1S/C10H17N3O3/c1-10(2,3)16-9(14)6-11-5-4-8-12-7-15-13-8/h7,11H,4-6H2,1-3H3. The molecule has 0 aromatic carbocycles. The minimum Gasteiger partial charge on any atom is -0.459 e. The zero-order chi connectivity index (χ0) is 12.0. The SMILES string of the molecule is CC(C)(C)OC(=O)CNCCc1ncon1. The Bertz CT molecular complexity index is 317. The number of ether oxygens (including phenoxy) is 1. The summed E-state index contributed by atoms with van der Waals surface area (Å²) in [6.45, 7) is 6.31. The lowest BCUT2D eigenvalue weighted by Crippen LogP contribution is -2.32. The molecule has 0 aliphatic rings. The summed E-state index contributed by atoms with van der Waals surface area (Å²) in [6, 6.07) is 0. The summed E-state index contributed by atoms with van der Waals surface area (Å²) in [4.78, 5) is 15.1. The summed E-state index contributed by atoms with van der Waals surface area (Å²) in [6.07, 6.45) is 1.91. The molecule has 0 radical (unpaired) electrons. The average Bonchev–Trinajstić information content (AvgIpc) is 2.62. The van der Waals surface area contributed by atoms with Gasteiger partial charge in [0.05, 0.1) is 6.54 Å². The van der Waals surface area contributed by atoms with E-state index in [2.05, 4.69) is 20.0 Å². The van der Waals surface area contributed by atoms with E-state index in [1.807, 2.05) is 20.8 Å². The van der Waals surface area contributed by atoms with E-state index in [0.29, 0.717) is 18.8 Å². The average molecular weight is 227 g/mol. The quantitative estimate of drug-likeness (QED) is 0.584. The molecule has 1 aromatic heterocycles. The zero-order valence-corrected chi connectivity index (χ0v) is 9.82. The van der Waals surface area contributed by atoms with Gasteiger partial charge < -0.3 is 14.6 Å². The van der Waals surface area contributed by atoms with E-state index in [-0.39, 0.29) is 12.5 Å². The third-order valence-corrected chi connectivity index (χ3v) is 1.62. The Hall–Kier alpha value is -1.43. The number of aromatic nitrogens is 2. The lowest BCUT2D eigenvalue weighted by molar-refractivity contribution is -0.153. The van der Waals surface area contributed by atoms with Crippen LogP contribution in [0.2, 0.25) is 0 Å². The summed E-state index contributed by atoms with van der Waals surface area (Å²) in [5.41, 5.74) is -0.438. The molecule has 0 bridgehead atoms. The van der Waals surface area contributed by atoms with Crippen molar-refractivity contribution in [3.63, 3.8) is 0 Å². The normalized spacial score (nSPS) is 11.4. The molecule has 1 heterocycles. The molecular formula is C10H17N3O3. The lowest BCUT2D eigenvalue weighted by atomic mass is 10.2. The van der Waals surface area contributed by atoms with E-state index >= 15 is 0 Å². The lowest BCUT2D eigenvalue weighted by Gasteiger charge is -2.19. The summed E-state index contributed by atoms with van der Waals surface area (Å²) in [5.74, 6) is 0.359. The number of hydrogen-bond donors (Lipinski definition) is 1. The summed E-state index contributed by atoms with van der Waals surface area (Å²) < 4.78 is 9.70. The van der Waals surface area contributed by atoms with E-state index in [9.17, 15) is 4.79 Å². The number of carbonyl (C=O) groups excluding carboxylic acids is 1. The highest BCUT2D eigenvalue weighted by Crippen LogP contribution is 2.06.